The fraction of sp³-hybridized carbons (Fsp3) is 0.238. The second-order valence-electron chi connectivity index (χ2n) is 6.67. The maximum absolute atomic E-state index is 12.3. The second kappa shape index (κ2) is 8.94. The summed E-state index contributed by atoms with van der Waals surface area (Å²) in [5, 5.41) is 9.91. The lowest BCUT2D eigenvalue weighted by Gasteiger charge is -2.18. The standard InChI is InChI=1S/C21H23N5O2/c1-15(24-21(28)18-6-4-3-5-7-18)12-20(27)25-16(2)17-8-10-19(11-9-17)26-14-22-13-23-26/h3-11,13-16H,12H2,1-2H3,(H,24,28)(H,25,27). The van der Waals surface area contributed by atoms with Crippen molar-refractivity contribution >= 4 is 11.8 Å². The van der Waals surface area contributed by atoms with Gasteiger partial charge >= 0.3 is 0 Å². The predicted molar refractivity (Wildman–Crippen MR) is 106 cm³/mol. The van der Waals surface area contributed by atoms with E-state index in [2.05, 4.69) is 20.7 Å². The van der Waals surface area contributed by atoms with E-state index in [1.165, 1.54) is 6.33 Å². The van der Waals surface area contributed by atoms with Crippen LogP contribution in [0.5, 0.6) is 0 Å². The minimum Gasteiger partial charge on any atom is -0.350 e. The van der Waals surface area contributed by atoms with E-state index in [0.717, 1.165) is 11.3 Å². The van der Waals surface area contributed by atoms with Gasteiger partial charge in [0.15, 0.2) is 0 Å². The molecule has 2 N–H and O–H groups in total. The van der Waals surface area contributed by atoms with Gasteiger partial charge in [-0.1, -0.05) is 30.3 Å². The third kappa shape index (κ3) is 5.03. The van der Waals surface area contributed by atoms with Crippen molar-refractivity contribution in [3.63, 3.8) is 0 Å². The van der Waals surface area contributed by atoms with Crippen LogP contribution < -0.4 is 10.6 Å². The molecule has 28 heavy (non-hydrogen) atoms. The SMILES string of the molecule is CC(CC(=O)NC(C)c1ccc(-n2cncn2)cc1)NC(=O)c1ccccc1. The Morgan fingerprint density at radius 1 is 1.00 bits per heavy atom. The third-order valence-electron chi connectivity index (χ3n) is 4.36. The summed E-state index contributed by atoms with van der Waals surface area (Å²) in [6, 6.07) is 16.3. The van der Waals surface area contributed by atoms with Crippen LogP contribution in [0.1, 0.15) is 42.2 Å². The molecule has 0 aliphatic rings. The molecular weight excluding hydrogens is 354 g/mol. The molecule has 2 aromatic carbocycles. The van der Waals surface area contributed by atoms with Gasteiger partial charge in [-0.25, -0.2) is 9.67 Å². The first-order valence-electron chi connectivity index (χ1n) is 9.13. The zero-order valence-corrected chi connectivity index (χ0v) is 15.9. The molecule has 0 saturated heterocycles. The van der Waals surface area contributed by atoms with E-state index in [0.29, 0.717) is 5.56 Å². The average molecular weight is 377 g/mol. The second-order valence-corrected chi connectivity index (χ2v) is 6.67. The number of hydrogen-bond donors (Lipinski definition) is 2. The van der Waals surface area contributed by atoms with Crippen molar-refractivity contribution in [3.8, 4) is 5.69 Å². The van der Waals surface area contributed by atoms with Crippen LogP contribution in [-0.2, 0) is 4.79 Å². The van der Waals surface area contributed by atoms with Gasteiger partial charge in [-0.15, -0.1) is 0 Å². The highest BCUT2D eigenvalue weighted by Crippen LogP contribution is 2.15. The lowest BCUT2D eigenvalue weighted by atomic mass is 10.1. The summed E-state index contributed by atoms with van der Waals surface area (Å²) in [5.74, 6) is -0.300. The lowest BCUT2D eigenvalue weighted by molar-refractivity contribution is -0.122. The molecule has 0 radical (unpaired) electrons. The number of aromatic nitrogens is 3. The summed E-state index contributed by atoms with van der Waals surface area (Å²) < 4.78 is 1.67. The number of nitrogens with one attached hydrogen (secondary N) is 2. The van der Waals surface area contributed by atoms with Crippen LogP contribution in [0.15, 0.2) is 67.3 Å². The van der Waals surface area contributed by atoms with Crippen molar-refractivity contribution in [1.29, 1.82) is 0 Å². The minimum absolute atomic E-state index is 0.117. The fourth-order valence-electron chi connectivity index (χ4n) is 2.87. The smallest absolute Gasteiger partial charge is 0.251 e. The molecule has 3 rings (SSSR count). The minimum atomic E-state index is -0.269. The highest BCUT2D eigenvalue weighted by Gasteiger charge is 2.15. The molecule has 2 amide bonds. The Bertz CT molecular complexity index is 908. The van der Waals surface area contributed by atoms with E-state index in [1.54, 1.807) is 23.1 Å². The Hall–Kier alpha value is -3.48. The van der Waals surface area contributed by atoms with Crippen LogP contribution in [0.25, 0.3) is 5.69 Å². The topological polar surface area (TPSA) is 88.9 Å². The number of carbonyl (C=O) groups excluding carboxylic acids is 2. The number of hydrogen-bond acceptors (Lipinski definition) is 4. The highest BCUT2D eigenvalue weighted by atomic mass is 16.2. The summed E-state index contributed by atoms with van der Waals surface area (Å²) in [7, 11) is 0. The highest BCUT2D eigenvalue weighted by molar-refractivity contribution is 5.94. The Morgan fingerprint density at radius 3 is 2.36 bits per heavy atom. The van der Waals surface area contributed by atoms with Gasteiger partial charge in [-0.3, -0.25) is 9.59 Å². The molecule has 3 aromatic rings. The van der Waals surface area contributed by atoms with Crippen molar-refractivity contribution in [2.45, 2.75) is 32.4 Å². The maximum atomic E-state index is 12.3. The molecule has 1 heterocycles. The van der Waals surface area contributed by atoms with Crippen LogP contribution in [0, 0.1) is 0 Å². The van der Waals surface area contributed by atoms with E-state index in [-0.39, 0.29) is 30.3 Å². The van der Waals surface area contributed by atoms with Crippen molar-refractivity contribution in [1.82, 2.24) is 25.4 Å². The summed E-state index contributed by atoms with van der Waals surface area (Å²) in [5.41, 5.74) is 2.46. The third-order valence-corrected chi connectivity index (χ3v) is 4.36. The summed E-state index contributed by atoms with van der Waals surface area (Å²) >= 11 is 0. The Balaban J connectivity index is 1.50. The first kappa shape index (κ1) is 19.3. The summed E-state index contributed by atoms with van der Waals surface area (Å²) in [4.78, 5) is 28.4. The number of rotatable bonds is 7. The largest absolute Gasteiger partial charge is 0.350 e. The van der Waals surface area contributed by atoms with Crippen LogP contribution in [0.3, 0.4) is 0 Å². The molecule has 0 fully saturated rings. The molecule has 144 valence electrons. The van der Waals surface area contributed by atoms with E-state index < -0.39 is 0 Å². The Morgan fingerprint density at radius 2 is 1.71 bits per heavy atom. The first-order chi connectivity index (χ1) is 13.5. The number of benzene rings is 2. The molecule has 0 bridgehead atoms. The van der Waals surface area contributed by atoms with Crippen molar-refractivity contribution in [2.24, 2.45) is 0 Å². The van der Waals surface area contributed by atoms with Crippen molar-refractivity contribution in [3.05, 3.63) is 78.4 Å². The van der Waals surface area contributed by atoms with E-state index in [1.807, 2.05) is 56.3 Å². The molecular formula is C21H23N5O2. The monoisotopic (exact) mass is 377 g/mol. The van der Waals surface area contributed by atoms with Crippen LogP contribution in [0.2, 0.25) is 0 Å². The van der Waals surface area contributed by atoms with E-state index in [4.69, 9.17) is 0 Å². The molecule has 7 nitrogen and oxygen atoms in total. The molecule has 0 aliphatic heterocycles. The zero-order chi connectivity index (χ0) is 19.9. The van der Waals surface area contributed by atoms with Gasteiger partial charge in [0.2, 0.25) is 5.91 Å². The van der Waals surface area contributed by atoms with E-state index >= 15 is 0 Å². The van der Waals surface area contributed by atoms with Crippen molar-refractivity contribution in [2.75, 3.05) is 0 Å². The summed E-state index contributed by atoms with van der Waals surface area (Å²) in [6.07, 6.45) is 3.32. The molecule has 2 atom stereocenters. The predicted octanol–water partition coefficient (Wildman–Crippen LogP) is 2.65. The molecule has 2 unspecified atom stereocenters. The van der Waals surface area contributed by atoms with E-state index in [9.17, 15) is 9.59 Å². The van der Waals surface area contributed by atoms with Gasteiger partial charge in [-0.05, 0) is 43.7 Å². The van der Waals surface area contributed by atoms with Gasteiger partial charge in [0.05, 0.1) is 11.7 Å². The van der Waals surface area contributed by atoms with Gasteiger partial charge in [-0.2, -0.15) is 5.10 Å². The van der Waals surface area contributed by atoms with Crippen molar-refractivity contribution < 1.29 is 9.59 Å². The molecule has 1 aromatic heterocycles. The molecule has 0 saturated carbocycles. The number of carbonyl (C=O) groups is 2. The fourth-order valence-corrected chi connectivity index (χ4v) is 2.87. The average Bonchev–Trinajstić information content (AvgIpc) is 3.23. The van der Waals surface area contributed by atoms with Crippen LogP contribution >= 0.6 is 0 Å². The Kier molecular flexibility index (Phi) is 6.16. The van der Waals surface area contributed by atoms with Gasteiger partial charge in [0.25, 0.3) is 5.91 Å². The van der Waals surface area contributed by atoms with Gasteiger partial charge in [0, 0.05) is 18.0 Å². The lowest BCUT2D eigenvalue weighted by Crippen LogP contribution is -2.37. The number of amides is 2. The van der Waals surface area contributed by atoms with Gasteiger partial charge in [0.1, 0.15) is 12.7 Å². The zero-order valence-electron chi connectivity index (χ0n) is 15.9. The summed E-state index contributed by atoms with van der Waals surface area (Å²) in [6.45, 7) is 3.74. The Labute approximate surface area is 163 Å². The van der Waals surface area contributed by atoms with Crippen LogP contribution in [-0.4, -0.2) is 32.6 Å². The number of nitrogens with zero attached hydrogens (tertiary/aromatic N) is 3. The molecule has 0 spiro atoms. The van der Waals surface area contributed by atoms with Crippen LogP contribution in [0.4, 0.5) is 0 Å². The normalized spacial score (nSPS) is 12.8. The van der Waals surface area contributed by atoms with Gasteiger partial charge < -0.3 is 10.6 Å². The molecule has 0 aliphatic carbocycles. The first-order valence-corrected chi connectivity index (χ1v) is 9.13. The maximum Gasteiger partial charge on any atom is 0.251 e. The quantitative estimate of drug-likeness (QED) is 0.662. The molecule has 7 heteroatoms.